The van der Waals surface area contributed by atoms with Crippen LogP contribution in [0.3, 0.4) is 0 Å². The van der Waals surface area contributed by atoms with E-state index in [1.54, 1.807) is 0 Å². The van der Waals surface area contributed by atoms with Gasteiger partial charge in [-0.2, -0.15) is 5.10 Å². The van der Waals surface area contributed by atoms with Crippen LogP contribution < -0.4 is 0 Å². The van der Waals surface area contributed by atoms with Crippen molar-refractivity contribution in [3.05, 3.63) is 15.9 Å². The van der Waals surface area contributed by atoms with Crippen molar-refractivity contribution in [2.75, 3.05) is 18.1 Å². The number of fused-ring (bicyclic) bond motifs is 1. The second-order valence-corrected chi connectivity index (χ2v) is 7.64. The molecular weight excluding hydrogens is 346 g/mol. The summed E-state index contributed by atoms with van der Waals surface area (Å²) >= 11 is 2.77. The molecule has 2 aliphatic rings. The van der Waals surface area contributed by atoms with E-state index in [0.717, 1.165) is 40.2 Å². The Hall–Kier alpha value is -0.730. The van der Waals surface area contributed by atoms with E-state index >= 15 is 0 Å². The van der Waals surface area contributed by atoms with Crippen molar-refractivity contribution in [1.29, 1.82) is 0 Å². The Morgan fingerprint density at radius 1 is 1.45 bits per heavy atom. The average molecular weight is 362 g/mol. The van der Waals surface area contributed by atoms with Gasteiger partial charge in [-0.3, -0.25) is 4.68 Å². The van der Waals surface area contributed by atoms with Gasteiger partial charge in [-0.05, 0) is 15.9 Å². The second-order valence-electron chi connectivity index (χ2n) is 5.19. The van der Waals surface area contributed by atoms with Gasteiger partial charge in [-0.15, -0.1) is 0 Å². The molecule has 0 aromatic carbocycles. The van der Waals surface area contributed by atoms with E-state index in [2.05, 4.69) is 21.0 Å². The van der Waals surface area contributed by atoms with Gasteiger partial charge in [0.1, 0.15) is 16.1 Å². The Balaban J connectivity index is 1.85. The molecule has 1 aromatic heterocycles. The fourth-order valence-electron chi connectivity index (χ4n) is 2.90. The summed E-state index contributed by atoms with van der Waals surface area (Å²) in [6, 6.07) is 0.295. The van der Waals surface area contributed by atoms with Gasteiger partial charge in [0.05, 0.1) is 12.6 Å². The first-order valence-electron chi connectivity index (χ1n) is 6.65. The highest BCUT2D eigenvalue weighted by atomic mass is 79.9. The number of carbonyl (C=O) groups is 1. The Labute approximate surface area is 128 Å². The van der Waals surface area contributed by atoms with E-state index in [0.29, 0.717) is 25.6 Å². The Bertz CT molecular complexity index is 528. The van der Waals surface area contributed by atoms with Crippen LogP contribution >= 0.6 is 15.9 Å². The van der Waals surface area contributed by atoms with Crippen LogP contribution in [0.2, 0.25) is 0 Å². The molecule has 0 unspecified atom stereocenters. The molecule has 0 bridgehead atoms. The quantitative estimate of drug-likeness (QED) is 0.772. The summed E-state index contributed by atoms with van der Waals surface area (Å²) in [6.45, 7) is 0.906. The summed E-state index contributed by atoms with van der Waals surface area (Å²) in [5.41, 5.74) is 2.11. The molecule has 3 rings (SSSR count). The van der Waals surface area contributed by atoms with Crippen LogP contribution in [0.25, 0.3) is 0 Å². The highest BCUT2D eigenvalue weighted by molar-refractivity contribution is 9.10. The fraction of sp³-hybridized carbons (Fsp3) is 0.667. The zero-order chi connectivity index (χ0) is 14.3. The standard InChI is InChI=1S/C12H16BrN3O3S/c13-11-9-7-15(12(17)18)4-1-10(9)16(14-11)8-2-5-20(19)6-3-8/h8H,1-7H2,(H,17,18). The van der Waals surface area contributed by atoms with Gasteiger partial charge in [-0.25, -0.2) is 4.79 Å². The van der Waals surface area contributed by atoms with Crippen molar-refractivity contribution in [3.63, 3.8) is 0 Å². The summed E-state index contributed by atoms with van der Waals surface area (Å²) in [5, 5.41) is 13.6. The zero-order valence-electron chi connectivity index (χ0n) is 10.9. The largest absolute Gasteiger partial charge is 0.616 e. The Morgan fingerprint density at radius 2 is 2.15 bits per heavy atom. The molecule has 1 N–H and O–H groups in total. The number of nitrogens with zero attached hydrogens (tertiary/aromatic N) is 3. The molecule has 2 aliphatic heterocycles. The van der Waals surface area contributed by atoms with Crippen LogP contribution in [-0.4, -0.2) is 48.5 Å². The van der Waals surface area contributed by atoms with Gasteiger partial charge in [0, 0.05) is 37.1 Å². The molecule has 0 spiro atoms. The summed E-state index contributed by atoms with van der Waals surface area (Å²) in [7, 11) is 0. The number of rotatable bonds is 1. The molecule has 20 heavy (non-hydrogen) atoms. The molecule has 0 radical (unpaired) electrons. The summed E-state index contributed by atoms with van der Waals surface area (Å²) in [6.07, 6.45) is 1.58. The van der Waals surface area contributed by atoms with Crippen molar-refractivity contribution < 1.29 is 14.5 Å². The Morgan fingerprint density at radius 3 is 2.80 bits per heavy atom. The van der Waals surface area contributed by atoms with Crippen LogP contribution in [-0.2, 0) is 24.1 Å². The maximum absolute atomic E-state index is 11.5. The van der Waals surface area contributed by atoms with Gasteiger partial charge in [0.2, 0.25) is 0 Å². The van der Waals surface area contributed by atoms with Crippen LogP contribution in [0.4, 0.5) is 4.79 Å². The number of hydrogen-bond donors (Lipinski definition) is 1. The predicted molar refractivity (Wildman–Crippen MR) is 78.2 cm³/mol. The van der Waals surface area contributed by atoms with Crippen LogP contribution in [0.15, 0.2) is 4.60 Å². The molecule has 110 valence electrons. The normalized spacial score (nSPS) is 26.4. The van der Waals surface area contributed by atoms with Gasteiger partial charge >= 0.3 is 6.09 Å². The van der Waals surface area contributed by atoms with Crippen molar-refractivity contribution in [2.24, 2.45) is 0 Å². The number of hydrogen-bond acceptors (Lipinski definition) is 3. The van der Waals surface area contributed by atoms with E-state index in [1.165, 1.54) is 4.90 Å². The highest BCUT2D eigenvalue weighted by Gasteiger charge is 2.31. The van der Waals surface area contributed by atoms with Crippen LogP contribution in [0, 0.1) is 0 Å². The lowest BCUT2D eigenvalue weighted by molar-refractivity contribution is 0.139. The predicted octanol–water partition coefficient (Wildman–Crippen LogP) is 1.77. The third-order valence-electron chi connectivity index (χ3n) is 4.01. The van der Waals surface area contributed by atoms with Gasteiger partial charge < -0.3 is 14.6 Å². The number of halogens is 1. The molecule has 1 amide bonds. The smallest absolute Gasteiger partial charge is 0.407 e. The molecule has 8 heteroatoms. The molecule has 6 nitrogen and oxygen atoms in total. The third-order valence-corrected chi connectivity index (χ3v) is 6.03. The van der Waals surface area contributed by atoms with Crippen molar-refractivity contribution >= 4 is 33.2 Å². The molecule has 1 fully saturated rings. The maximum atomic E-state index is 11.5. The minimum Gasteiger partial charge on any atom is -0.616 e. The van der Waals surface area contributed by atoms with Crippen molar-refractivity contribution in [2.45, 2.75) is 31.8 Å². The molecule has 0 saturated carbocycles. The molecular formula is C12H16BrN3O3S. The van der Waals surface area contributed by atoms with Gasteiger partial charge in [-0.1, -0.05) is 11.2 Å². The fourth-order valence-corrected chi connectivity index (χ4v) is 4.70. The number of amides is 1. The number of aromatic nitrogens is 2. The third kappa shape index (κ3) is 2.56. The highest BCUT2D eigenvalue weighted by Crippen LogP contribution is 2.32. The van der Waals surface area contributed by atoms with E-state index in [4.69, 9.17) is 5.11 Å². The van der Waals surface area contributed by atoms with Crippen molar-refractivity contribution in [3.8, 4) is 0 Å². The maximum Gasteiger partial charge on any atom is 0.407 e. The lowest BCUT2D eigenvalue weighted by atomic mass is 10.1. The van der Waals surface area contributed by atoms with Gasteiger partial charge in [0.15, 0.2) is 0 Å². The lowest BCUT2D eigenvalue weighted by Crippen LogP contribution is -2.36. The van der Waals surface area contributed by atoms with Gasteiger partial charge in [0.25, 0.3) is 0 Å². The molecule has 0 atom stereocenters. The van der Waals surface area contributed by atoms with E-state index < -0.39 is 17.3 Å². The number of carboxylic acid groups (broad SMARTS) is 1. The molecule has 1 saturated heterocycles. The lowest BCUT2D eigenvalue weighted by Gasteiger charge is -2.29. The molecule has 1 aromatic rings. The Kier molecular flexibility index (Phi) is 3.96. The summed E-state index contributed by atoms with van der Waals surface area (Å²) in [5.74, 6) is 1.47. The average Bonchev–Trinajstić information content (AvgIpc) is 2.76. The van der Waals surface area contributed by atoms with Crippen molar-refractivity contribution in [1.82, 2.24) is 14.7 Å². The van der Waals surface area contributed by atoms with E-state index in [1.807, 2.05) is 4.68 Å². The van der Waals surface area contributed by atoms with Crippen LogP contribution in [0.1, 0.15) is 30.1 Å². The van der Waals surface area contributed by atoms with E-state index in [9.17, 15) is 9.35 Å². The molecule has 0 aliphatic carbocycles. The second kappa shape index (κ2) is 5.57. The minimum atomic E-state index is -0.886. The van der Waals surface area contributed by atoms with Crippen LogP contribution in [0.5, 0.6) is 0 Å². The first-order valence-corrected chi connectivity index (χ1v) is 8.93. The topological polar surface area (TPSA) is 81.4 Å². The van der Waals surface area contributed by atoms with E-state index in [-0.39, 0.29) is 0 Å². The monoisotopic (exact) mass is 361 g/mol. The summed E-state index contributed by atoms with van der Waals surface area (Å²) < 4.78 is 14.2. The summed E-state index contributed by atoms with van der Waals surface area (Å²) in [4.78, 5) is 12.5. The molecule has 3 heterocycles. The first-order chi connectivity index (χ1) is 9.56. The minimum absolute atomic E-state index is 0.295. The first kappa shape index (κ1) is 14.2. The SMILES string of the molecule is O=C(O)N1CCc2c(c(Br)nn2C2CC[S+]([O-])CC2)C1. The zero-order valence-corrected chi connectivity index (χ0v) is 13.3.